The molecule has 0 saturated carbocycles. The Kier molecular flexibility index (Phi) is 5.15. The number of hydrogen-bond acceptors (Lipinski definition) is 3. The number of esters is 1. The lowest BCUT2D eigenvalue weighted by molar-refractivity contribution is -0.136. The summed E-state index contributed by atoms with van der Waals surface area (Å²) in [6, 6.07) is 11.2. The molecule has 0 heterocycles. The third kappa shape index (κ3) is 4.32. The molecule has 2 rings (SSSR count). The lowest BCUT2D eigenvalue weighted by Gasteiger charge is -2.14. The SMILES string of the molecule is Cc1ccc(C(C)C)c(OCC(=O)Oc2ccc(F)cc2)c1. The van der Waals surface area contributed by atoms with E-state index in [1.54, 1.807) is 0 Å². The fourth-order valence-corrected chi connectivity index (χ4v) is 2.04. The van der Waals surface area contributed by atoms with E-state index in [9.17, 15) is 9.18 Å². The van der Waals surface area contributed by atoms with Gasteiger partial charge in [0, 0.05) is 0 Å². The molecule has 0 aliphatic carbocycles. The summed E-state index contributed by atoms with van der Waals surface area (Å²) in [6.45, 7) is 5.90. The second kappa shape index (κ2) is 7.07. The minimum absolute atomic E-state index is 0.194. The number of carbonyl (C=O) groups excluding carboxylic acids is 1. The van der Waals surface area contributed by atoms with Gasteiger partial charge in [-0.05, 0) is 54.3 Å². The number of aryl methyl sites for hydroxylation is 1. The first kappa shape index (κ1) is 16.0. The third-order valence-corrected chi connectivity index (χ3v) is 3.18. The summed E-state index contributed by atoms with van der Waals surface area (Å²) in [5.74, 6) is 0.373. The van der Waals surface area contributed by atoms with E-state index < -0.39 is 5.97 Å². The van der Waals surface area contributed by atoms with Gasteiger partial charge in [0.15, 0.2) is 6.61 Å². The first-order valence-electron chi connectivity index (χ1n) is 7.15. The molecule has 2 aromatic rings. The highest BCUT2D eigenvalue weighted by atomic mass is 19.1. The summed E-state index contributed by atoms with van der Waals surface area (Å²) in [6.07, 6.45) is 0. The summed E-state index contributed by atoms with van der Waals surface area (Å²) < 4.78 is 23.5. The average molecular weight is 302 g/mol. The van der Waals surface area contributed by atoms with Crippen LogP contribution in [0.15, 0.2) is 42.5 Å². The molecule has 116 valence electrons. The molecule has 3 nitrogen and oxygen atoms in total. The molecular weight excluding hydrogens is 283 g/mol. The molecule has 0 spiro atoms. The Balaban J connectivity index is 1.99. The molecule has 0 aliphatic heterocycles. The lowest BCUT2D eigenvalue weighted by atomic mass is 10.0. The van der Waals surface area contributed by atoms with Crippen LogP contribution >= 0.6 is 0 Å². The molecule has 0 atom stereocenters. The van der Waals surface area contributed by atoms with Gasteiger partial charge in [-0.15, -0.1) is 0 Å². The van der Waals surface area contributed by atoms with E-state index in [0.717, 1.165) is 11.1 Å². The maximum atomic E-state index is 12.8. The molecule has 0 radical (unpaired) electrons. The van der Waals surface area contributed by atoms with Gasteiger partial charge in [0.2, 0.25) is 0 Å². The second-order valence-electron chi connectivity index (χ2n) is 5.41. The van der Waals surface area contributed by atoms with E-state index >= 15 is 0 Å². The molecule has 4 heteroatoms. The van der Waals surface area contributed by atoms with Crippen molar-refractivity contribution in [2.75, 3.05) is 6.61 Å². The van der Waals surface area contributed by atoms with Crippen LogP contribution in [0.3, 0.4) is 0 Å². The van der Waals surface area contributed by atoms with E-state index in [1.165, 1.54) is 24.3 Å². The van der Waals surface area contributed by atoms with Crippen molar-refractivity contribution in [2.45, 2.75) is 26.7 Å². The number of halogens is 1. The molecule has 22 heavy (non-hydrogen) atoms. The number of rotatable bonds is 5. The Bertz CT molecular complexity index is 648. The largest absolute Gasteiger partial charge is 0.482 e. The number of carbonyl (C=O) groups is 1. The van der Waals surface area contributed by atoms with Crippen molar-refractivity contribution in [3.63, 3.8) is 0 Å². The van der Waals surface area contributed by atoms with Crippen LogP contribution in [0.25, 0.3) is 0 Å². The zero-order valence-corrected chi connectivity index (χ0v) is 12.9. The normalized spacial score (nSPS) is 10.6. The quantitative estimate of drug-likeness (QED) is 0.612. The van der Waals surface area contributed by atoms with Gasteiger partial charge in [0.1, 0.15) is 17.3 Å². The Hall–Kier alpha value is -2.36. The highest BCUT2D eigenvalue weighted by Crippen LogP contribution is 2.27. The summed E-state index contributed by atoms with van der Waals surface area (Å²) >= 11 is 0. The van der Waals surface area contributed by atoms with Crippen molar-refractivity contribution in [2.24, 2.45) is 0 Å². The molecule has 0 aromatic heterocycles. The van der Waals surface area contributed by atoms with Crippen LogP contribution in [0, 0.1) is 12.7 Å². The monoisotopic (exact) mass is 302 g/mol. The Morgan fingerprint density at radius 3 is 2.45 bits per heavy atom. The van der Waals surface area contributed by atoms with Crippen LogP contribution in [-0.4, -0.2) is 12.6 Å². The van der Waals surface area contributed by atoms with Crippen LogP contribution in [0.1, 0.15) is 30.9 Å². The summed E-state index contributed by atoms with van der Waals surface area (Å²) in [7, 11) is 0. The van der Waals surface area contributed by atoms with Gasteiger partial charge in [-0.25, -0.2) is 9.18 Å². The lowest BCUT2D eigenvalue weighted by Crippen LogP contribution is -2.18. The Morgan fingerprint density at radius 2 is 1.82 bits per heavy atom. The Morgan fingerprint density at radius 1 is 1.14 bits per heavy atom. The van der Waals surface area contributed by atoms with Crippen LogP contribution in [0.2, 0.25) is 0 Å². The molecule has 0 fully saturated rings. The van der Waals surface area contributed by atoms with Gasteiger partial charge in [0.05, 0.1) is 0 Å². The molecule has 0 bridgehead atoms. The molecule has 2 aromatic carbocycles. The van der Waals surface area contributed by atoms with Crippen molar-refractivity contribution in [1.82, 2.24) is 0 Å². The zero-order chi connectivity index (χ0) is 16.1. The van der Waals surface area contributed by atoms with Gasteiger partial charge < -0.3 is 9.47 Å². The number of ether oxygens (including phenoxy) is 2. The molecule has 0 N–H and O–H groups in total. The van der Waals surface area contributed by atoms with Crippen LogP contribution in [0.5, 0.6) is 11.5 Å². The molecule has 0 saturated heterocycles. The fraction of sp³-hybridized carbons (Fsp3) is 0.278. The maximum Gasteiger partial charge on any atom is 0.349 e. The van der Waals surface area contributed by atoms with Crippen LogP contribution in [0.4, 0.5) is 4.39 Å². The van der Waals surface area contributed by atoms with Gasteiger partial charge >= 0.3 is 5.97 Å². The Labute approximate surface area is 129 Å². The van der Waals surface area contributed by atoms with E-state index in [2.05, 4.69) is 13.8 Å². The first-order valence-corrected chi connectivity index (χ1v) is 7.15. The van der Waals surface area contributed by atoms with Crippen LogP contribution in [-0.2, 0) is 4.79 Å². The van der Waals surface area contributed by atoms with Gasteiger partial charge in [0.25, 0.3) is 0 Å². The maximum absolute atomic E-state index is 12.8. The van der Waals surface area contributed by atoms with Crippen molar-refractivity contribution in [1.29, 1.82) is 0 Å². The minimum Gasteiger partial charge on any atom is -0.482 e. The van der Waals surface area contributed by atoms with Crippen molar-refractivity contribution in [3.05, 3.63) is 59.4 Å². The predicted molar refractivity (Wildman–Crippen MR) is 82.8 cm³/mol. The smallest absolute Gasteiger partial charge is 0.349 e. The van der Waals surface area contributed by atoms with E-state index in [-0.39, 0.29) is 12.4 Å². The van der Waals surface area contributed by atoms with Gasteiger partial charge in [-0.1, -0.05) is 26.0 Å². The highest BCUT2D eigenvalue weighted by Gasteiger charge is 2.11. The van der Waals surface area contributed by atoms with E-state index in [0.29, 0.717) is 17.4 Å². The topological polar surface area (TPSA) is 35.5 Å². The minimum atomic E-state index is -0.525. The van der Waals surface area contributed by atoms with Gasteiger partial charge in [-0.3, -0.25) is 0 Å². The number of hydrogen-bond donors (Lipinski definition) is 0. The summed E-state index contributed by atoms with van der Waals surface area (Å²) in [5.41, 5.74) is 2.10. The molecular formula is C18H19FO3. The van der Waals surface area contributed by atoms with Crippen LogP contribution < -0.4 is 9.47 Å². The standard InChI is InChI=1S/C18H19FO3/c1-12(2)16-9-4-13(3)10-17(16)21-11-18(20)22-15-7-5-14(19)6-8-15/h4-10,12H,11H2,1-3H3. The van der Waals surface area contributed by atoms with Crippen molar-refractivity contribution >= 4 is 5.97 Å². The first-order chi connectivity index (χ1) is 10.5. The molecule has 0 amide bonds. The van der Waals surface area contributed by atoms with Crippen molar-refractivity contribution < 1.29 is 18.7 Å². The second-order valence-corrected chi connectivity index (χ2v) is 5.41. The number of benzene rings is 2. The highest BCUT2D eigenvalue weighted by molar-refractivity contribution is 5.74. The fourth-order valence-electron chi connectivity index (χ4n) is 2.04. The molecule has 0 aliphatic rings. The van der Waals surface area contributed by atoms with E-state index in [4.69, 9.17) is 9.47 Å². The van der Waals surface area contributed by atoms with E-state index in [1.807, 2.05) is 25.1 Å². The predicted octanol–water partition coefficient (Wildman–Crippen LogP) is 4.24. The van der Waals surface area contributed by atoms with Crippen molar-refractivity contribution in [3.8, 4) is 11.5 Å². The molecule has 0 unspecified atom stereocenters. The third-order valence-electron chi connectivity index (χ3n) is 3.18. The summed E-state index contributed by atoms with van der Waals surface area (Å²) in [4.78, 5) is 11.8. The zero-order valence-electron chi connectivity index (χ0n) is 12.9. The summed E-state index contributed by atoms with van der Waals surface area (Å²) in [5, 5.41) is 0. The van der Waals surface area contributed by atoms with Gasteiger partial charge in [-0.2, -0.15) is 0 Å². The average Bonchev–Trinajstić information content (AvgIpc) is 2.47.